The highest BCUT2D eigenvalue weighted by Gasteiger charge is 2.28. The van der Waals surface area contributed by atoms with Gasteiger partial charge in [0.2, 0.25) is 0 Å². The van der Waals surface area contributed by atoms with Crippen LogP contribution in [0.15, 0.2) is 63.5 Å². The van der Waals surface area contributed by atoms with Crippen molar-refractivity contribution in [2.24, 2.45) is 0 Å². The highest BCUT2D eigenvalue weighted by atomic mass is 32.2. The first-order chi connectivity index (χ1) is 24.7. The van der Waals surface area contributed by atoms with E-state index in [0.717, 1.165) is 0 Å². The summed E-state index contributed by atoms with van der Waals surface area (Å²) in [6, 6.07) is 19.7. The Morgan fingerprint density at radius 3 is 1.30 bits per heavy atom. The largest absolute Gasteiger partial charge is 0.144 e. The second-order valence-corrected chi connectivity index (χ2v) is 18.5. The maximum absolute atomic E-state index is 2.57. The van der Waals surface area contributed by atoms with Gasteiger partial charge in [-0.3, -0.25) is 0 Å². The van der Waals surface area contributed by atoms with Crippen LogP contribution in [0.3, 0.4) is 0 Å². The highest BCUT2D eigenvalue weighted by Crippen LogP contribution is 2.53. The van der Waals surface area contributed by atoms with E-state index >= 15 is 0 Å². The van der Waals surface area contributed by atoms with Crippen molar-refractivity contribution in [2.45, 2.75) is 143 Å². The van der Waals surface area contributed by atoms with E-state index in [1.807, 2.05) is 22.7 Å². The Hall–Kier alpha value is -1.72. The molecular weight excluding hydrogens is 681 g/mol. The normalized spacial score (nSPS) is 12.1. The van der Waals surface area contributed by atoms with Gasteiger partial charge in [0, 0.05) is 19.6 Å². The Morgan fingerprint density at radius 2 is 0.880 bits per heavy atom. The lowest BCUT2D eigenvalue weighted by Crippen LogP contribution is -1.92. The molecule has 2 aromatic heterocycles. The molecular formula is C46H62S4. The standard InChI is InChI=1S/C46H62S4/c1-5-9-13-17-21-35-27-31-47-44(35)37-23-25-39-40-26-24-38(45-36(28-32-48-45)22-18-14-10-6-2)34-42(40)43(41(39)33-37)46(49-29-19-15-11-7-3)50-30-20-16-12-8-4/h23-28,31-34H,5-22,29-30H2,1-4H3. The third kappa shape index (κ3) is 10.7. The predicted molar refractivity (Wildman–Crippen MR) is 233 cm³/mol. The molecule has 0 atom stereocenters. The molecule has 2 aromatic carbocycles. The van der Waals surface area contributed by atoms with Gasteiger partial charge in [0.05, 0.1) is 0 Å². The fourth-order valence-electron chi connectivity index (χ4n) is 7.25. The average Bonchev–Trinajstić information content (AvgIpc) is 3.88. The number of rotatable bonds is 24. The number of benzene rings is 2. The summed E-state index contributed by atoms with van der Waals surface area (Å²) in [6.07, 6.45) is 23.5. The number of hydrogen-bond donors (Lipinski definition) is 0. The molecule has 2 heterocycles. The quantitative estimate of drug-likeness (QED) is 0.0578. The van der Waals surface area contributed by atoms with Crippen LogP contribution >= 0.6 is 46.2 Å². The maximum atomic E-state index is 2.57. The molecule has 0 unspecified atom stereocenters. The average molecular weight is 743 g/mol. The summed E-state index contributed by atoms with van der Waals surface area (Å²) in [5, 5.41) is 4.64. The molecule has 0 nitrogen and oxygen atoms in total. The second kappa shape index (κ2) is 21.7. The molecule has 0 radical (unpaired) electrons. The van der Waals surface area contributed by atoms with Crippen molar-refractivity contribution in [1.29, 1.82) is 0 Å². The predicted octanol–water partition coefficient (Wildman–Crippen LogP) is 16.7. The molecule has 4 heteroatoms. The van der Waals surface area contributed by atoms with Crippen molar-refractivity contribution in [3.63, 3.8) is 0 Å². The third-order valence-corrected chi connectivity index (χ3v) is 14.8. The molecule has 0 N–H and O–H groups in total. The zero-order chi connectivity index (χ0) is 35.0. The molecule has 5 rings (SSSR count). The molecule has 0 saturated carbocycles. The zero-order valence-electron chi connectivity index (χ0n) is 31.5. The first kappa shape index (κ1) is 39.5. The van der Waals surface area contributed by atoms with E-state index in [1.54, 1.807) is 4.24 Å². The van der Waals surface area contributed by atoms with Crippen molar-refractivity contribution in [2.75, 3.05) is 11.5 Å². The summed E-state index contributed by atoms with van der Waals surface area (Å²) in [5.74, 6) is 2.43. The van der Waals surface area contributed by atoms with Crippen LogP contribution in [0.2, 0.25) is 0 Å². The van der Waals surface area contributed by atoms with Crippen LogP contribution in [0, 0.1) is 0 Å². The molecule has 1 aliphatic rings. The van der Waals surface area contributed by atoms with Gasteiger partial charge in [-0.1, -0.05) is 129 Å². The van der Waals surface area contributed by atoms with Gasteiger partial charge in [0.1, 0.15) is 0 Å². The molecule has 50 heavy (non-hydrogen) atoms. The van der Waals surface area contributed by atoms with Gasteiger partial charge in [-0.2, -0.15) is 0 Å². The lowest BCUT2D eigenvalue weighted by atomic mass is 9.98. The van der Waals surface area contributed by atoms with Crippen LogP contribution in [-0.2, 0) is 12.8 Å². The first-order valence-electron chi connectivity index (χ1n) is 20.1. The van der Waals surface area contributed by atoms with Crippen LogP contribution in [0.1, 0.15) is 153 Å². The van der Waals surface area contributed by atoms with Crippen molar-refractivity contribution in [3.05, 3.63) is 85.8 Å². The molecule has 0 saturated heterocycles. The fraction of sp³-hybridized carbons (Fsp3) is 0.522. The van der Waals surface area contributed by atoms with Crippen LogP contribution in [-0.4, -0.2) is 11.5 Å². The molecule has 0 aliphatic heterocycles. The van der Waals surface area contributed by atoms with Gasteiger partial charge in [0.15, 0.2) is 0 Å². The van der Waals surface area contributed by atoms with Gasteiger partial charge in [-0.25, -0.2) is 0 Å². The molecule has 1 aliphatic carbocycles. The fourth-order valence-corrected chi connectivity index (χ4v) is 11.8. The molecule has 0 amide bonds. The summed E-state index contributed by atoms with van der Waals surface area (Å²) >= 11 is 8.17. The maximum Gasteiger partial charge on any atom is 0.0486 e. The van der Waals surface area contributed by atoms with Gasteiger partial charge < -0.3 is 0 Å². The third-order valence-electron chi connectivity index (χ3n) is 10.2. The lowest BCUT2D eigenvalue weighted by Gasteiger charge is -2.15. The van der Waals surface area contributed by atoms with Crippen LogP contribution in [0.5, 0.6) is 0 Å². The summed E-state index contributed by atoms with van der Waals surface area (Å²) in [4.78, 5) is 2.96. The Balaban J connectivity index is 1.55. The summed E-state index contributed by atoms with van der Waals surface area (Å²) in [5.41, 5.74) is 13.2. The minimum absolute atomic E-state index is 1.19. The van der Waals surface area contributed by atoms with E-state index in [-0.39, 0.29) is 0 Å². The second-order valence-electron chi connectivity index (χ2n) is 14.2. The Bertz CT molecular complexity index is 1500. The number of fused-ring (bicyclic) bond motifs is 3. The monoisotopic (exact) mass is 742 g/mol. The number of unbranched alkanes of at least 4 members (excludes halogenated alkanes) is 12. The van der Waals surface area contributed by atoms with Crippen LogP contribution < -0.4 is 0 Å². The van der Waals surface area contributed by atoms with E-state index < -0.39 is 0 Å². The Labute approximate surface area is 322 Å². The summed E-state index contributed by atoms with van der Waals surface area (Å²) < 4.78 is 1.56. The number of aryl methyl sites for hydroxylation is 2. The lowest BCUT2D eigenvalue weighted by molar-refractivity contribution is 0.668. The van der Waals surface area contributed by atoms with E-state index in [0.29, 0.717) is 0 Å². The molecule has 4 aromatic rings. The summed E-state index contributed by atoms with van der Waals surface area (Å²) in [6.45, 7) is 9.26. The van der Waals surface area contributed by atoms with Gasteiger partial charge >= 0.3 is 0 Å². The zero-order valence-corrected chi connectivity index (χ0v) is 34.8. The van der Waals surface area contributed by atoms with E-state index in [4.69, 9.17) is 0 Å². The van der Waals surface area contributed by atoms with Crippen molar-refractivity contribution in [1.82, 2.24) is 0 Å². The number of thioether (sulfide) groups is 2. The van der Waals surface area contributed by atoms with E-state index in [2.05, 4.69) is 111 Å². The molecule has 270 valence electrons. The van der Waals surface area contributed by atoms with Crippen molar-refractivity contribution < 1.29 is 0 Å². The van der Waals surface area contributed by atoms with Crippen molar-refractivity contribution >= 4 is 51.8 Å². The van der Waals surface area contributed by atoms with Crippen LogP contribution in [0.25, 0.3) is 37.6 Å². The summed E-state index contributed by atoms with van der Waals surface area (Å²) in [7, 11) is 0. The molecule has 0 bridgehead atoms. The van der Waals surface area contributed by atoms with E-state index in [1.165, 1.54) is 187 Å². The van der Waals surface area contributed by atoms with E-state index in [9.17, 15) is 0 Å². The molecule has 0 fully saturated rings. The molecule has 0 spiro atoms. The Kier molecular flexibility index (Phi) is 17.2. The van der Waals surface area contributed by atoms with Gasteiger partial charge in [-0.15, -0.1) is 46.2 Å². The Morgan fingerprint density at radius 1 is 0.460 bits per heavy atom. The van der Waals surface area contributed by atoms with Crippen LogP contribution in [0.4, 0.5) is 0 Å². The SMILES string of the molecule is CCCCCCSC(SCCCCCC)=C1c2cc(-c3sccc3CCCCCC)ccc2-c2ccc(-c3sccc3CCCCCC)cc21. The minimum Gasteiger partial charge on any atom is -0.144 e. The smallest absolute Gasteiger partial charge is 0.0486 e. The van der Waals surface area contributed by atoms with Gasteiger partial charge in [0.25, 0.3) is 0 Å². The van der Waals surface area contributed by atoms with Crippen molar-refractivity contribution in [3.8, 4) is 32.0 Å². The first-order valence-corrected chi connectivity index (χ1v) is 23.9. The minimum atomic E-state index is 1.19. The number of thiophene rings is 2. The topological polar surface area (TPSA) is 0 Å². The highest BCUT2D eigenvalue weighted by molar-refractivity contribution is 8.22. The number of hydrogen-bond acceptors (Lipinski definition) is 4. The van der Waals surface area contributed by atoms with Gasteiger partial charge in [-0.05, 0) is 130 Å².